The van der Waals surface area contributed by atoms with Gasteiger partial charge in [0.2, 0.25) is 5.91 Å². The summed E-state index contributed by atoms with van der Waals surface area (Å²) in [4.78, 5) is 11.4. The summed E-state index contributed by atoms with van der Waals surface area (Å²) in [6.07, 6.45) is 3.17. The Morgan fingerprint density at radius 2 is 2.18 bits per heavy atom. The monoisotopic (exact) mass is 271 g/mol. The second kappa shape index (κ2) is 4.87. The fourth-order valence-corrected chi connectivity index (χ4v) is 2.80. The average Bonchev–Trinajstić information content (AvgIpc) is 2.65. The van der Waals surface area contributed by atoms with Crippen LogP contribution in [0.5, 0.6) is 0 Å². The van der Waals surface area contributed by atoms with Gasteiger partial charge in [0, 0.05) is 22.0 Å². The number of nitrogens with one attached hydrogen (secondary N) is 1. The molecule has 1 saturated heterocycles. The maximum Gasteiger partial charge on any atom is 0.220 e. The maximum atomic E-state index is 11.4. The Labute approximate surface area is 111 Å². The molecule has 1 unspecified atom stereocenters. The normalized spacial score (nSPS) is 23.8. The SMILES string of the molecule is CCC1(Cc2ccc(Cl)cc2Cl)CCC(=O)N1. The Morgan fingerprint density at radius 3 is 2.71 bits per heavy atom. The van der Waals surface area contributed by atoms with Crippen molar-refractivity contribution in [1.29, 1.82) is 0 Å². The van der Waals surface area contributed by atoms with Crippen molar-refractivity contribution >= 4 is 29.1 Å². The van der Waals surface area contributed by atoms with Gasteiger partial charge < -0.3 is 5.32 Å². The number of benzene rings is 1. The molecule has 1 atom stereocenters. The number of hydrogen-bond donors (Lipinski definition) is 1. The minimum absolute atomic E-state index is 0.130. The second-order valence-electron chi connectivity index (χ2n) is 4.59. The van der Waals surface area contributed by atoms with Gasteiger partial charge in [-0.15, -0.1) is 0 Å². The van der Waals surface area contributed by atoms with E-state index in [1.807, 2.05) is 12.1 Å². The molecular weight excluding hydrogens is 257 g/mol. The molecule has 1 fully saturated rings. The Kier molecular flexibility index (Phi) is 3.64. The number of hydrogen-bond acceptors (Lipinski definition) is 1. The maximum absolute atomic E-state index is 11.4. The summed E-state index contributed by atoms with van der Waals surface area (Å²) in [6, 6.07) is 5.52. The zero-order valence-electron chi connectivity index (χ0n) is 9.72. The van der Waals surface area contributed by atoms with Crippen molar-refractivity contribution in [3.8, 4) is 0 Å². The Morgan fingerprint density at radius 1 is 1.41 bits per heavy atom. The molecule has 0 saturated carbocycles. The molecule has 17 heavy (non-hydrogen) atoms. The number of rotatable bonds is 3. The molecule has 0 aromatic heterocycles. The fraction of sp³-hybridized carbons (Fsp3) is 0.462. The van der Waals surface area contributed by atoms with Crippen molar-refractivity contribution in [2.75, 3.05) is 0 Å². The van der Waals surface area contributed by atoms with E-state index in [9.17, 15) is 4.79 Å². The minimum Gasteiger partial charge on any atom is -0.350 e. The summed E-state index contributed by atoms with van der Waals surface area (Å²) in [5.74, 6) is 0.136. The summed E-state index contributed by atoms with van der Waals surface area (Å²) in [5, 5.41) is 4.39. The minimum atomic E-state index is -0.130. The molecule has 1 heterocycles. The van der Waals surface area contributed by atoms with Crippen molar-refractivity contribution < 1.29 is 4.79 Å². The first-order valence-electron chi connectivity index (χ1n) is 5.79. The number of carbonyl (C=O) groups excluding carboxylic acids is 1. The quantitative estimate of drug-likeness (QED) is 0.895. The van der Waals surface area contributed by atoms with Gasteiger partial charge in [0.15, 0.2) is 0 Å². The van der Waals surface area contributed by atoms with Gasteiger partial charge in [-0.3, -0.25) is 4.79 Å². The van der Waals surface area contributed by atoms with Gasteiger partial charge in [-0.05, 0) is 37.0 Å². The van der Waals surface area contributed by atoms with Crippen LogP contribution in [0, 0.1) is 0 Å². The number of carbonyl (C=O) groups is 1. The molecule has 1 aromatic carbocycles. The second-order valence-corrected chi connectivity index (χ2v) is 5.44. The Balaban J connectivity index is 2.21. The molecule has 4 heteroatoms. The van der Waals surface area contributed by atoms with Gasteiger partial charge in [0.05, 0.1) is 0 Å². The van der Waals surface area contributed by atoms with Gasteiger partial charge in [-0.1, -0.05) is 36.2 Å². The van der Waals surface area contributed by atoms with Gasteiger partial charge in [0.1, 0.15) is 0 Å². The van der Waals surface area contributed by atoms with Crippen LogP contribution < -0.4 is 5.32 Å². The smallest absolute Gasteiger partial charge is 0.220 e. The first kappa shape index (κ1) is 12.7. The van der Waals surface area contributed by atoms with Crippen molar-refractivity contribution in [3.05, 3.63) is 33.8 Å². The van der Waals surface area contributed by atoms with Crippen molar-refractivity contribution in [1.82, 2.24) is 5.32 Å². The average molecular weight is 272 g/mol. The summed E-state index contributed by atoms with van der Waals surface area (Å²) in [6.45, 7) is 2.09. The molecule has 0 spiro atoms. The van der Waals surface area contributed by atoms with E-state index in [0.29, 0.717) is 16.5 Å². The van der Waals surface area contributed by atoms with E-state index in [0.717, 1.165) is 24.8 Å². The summed E-state index contributed by atoms with van der Waals surface area (Å²) in [7, 11) is 0. The molecule has 1 aliphatic rings. The molecular formula is C13H15Cl2NO. The Bertz CT molecular complexity index is 447. The third-order valence-electron chi connectivity index (χ3n) is 3.46. The third-order valence-corrected chi connectivity index (χ3v) is 4.04. The number of amides is 1. The van der Waals surface area contributed by atoms with Gasteiger partial charge in [-0.2, -0.15) is 0 Å². The highest BCUT2D eigenvalue weighted by Crippen LogP contribution is 2.31. The van der Waals surface area contributed by atoms with Crippen molar-refractivity contribution in [3.63, 3.8) is 0 Å². The topological polar surface area (TPSA) is 29.1 Å². The van der Waals surface area contributed by atoms with Crippen LogP contribution in [0.3, 0.4) is 0 Å². The van der Waals surface area contributed by atoms with Crippen LogP contribution in [0.1, 0.15) is 31.7 Å². The third kappa shape index (κ3) is 2.75. The van der Waals surface area contributed by atoms with E-state index < -0.39 is 0 Å². The van der Waals surface area contributed by atoms with E-state index in [1.54, 1.807) is 6.07 Å². The molecule has 2 nitrogen and oxygen atoms in total. The first-order chi connectivity index (χ1) is 8.04. The van der Waals surface area contributed by atoms with E-state index in [2.05, 4.69) is 12.2 Å². The lowest BCUT2D eigenvalue weighted by molar-refractivity contribution is -0.119. The summed E-state index contributed by atoms with van der Waals surface area (Å²) in [5.41, 5.74) is 0.911. The lowest BCUT2D eigenvalue weighted by Gasteiger charge is -2.28. The van der Waals surface area contributed by atoms with Gasteiger partial charge >= 0.3 is 0 Å². The molecule has 0 radical (unpaired) electrons. The van der Waals surface area contributed by atoms with Crippen molar-refractivity contribution in [2.45, 2.75) is 38.1 Å². The molecule has 0 bridgehead atoms. The molecule has 1 N–H and O–H groups in total. The fourth-order valence-electron chi connectivity index (χ4n) is 2.33. The van der Waals surface area contributed by atoms with E-state index in [1.165, 1.54) is 0 Å². The van der Waals surface area contributed by atoms with Crippen LogP contribution in [-0.2, 0) is 11.2 Å². The van der Waals surface area contributed by atoms with Crippen LogP contribution in [0.25, 0.3) is 0 Å². The summed E-state index contributed by atoms with van der Waals surface area (Å²) >= 11 is 12.0. The molecule has 1 amide bonds. The lowest BCUT2D eigenvalue weighted by Crippen LogP contribution is -2.43. The standard InChI is InChI=1S/C13H15Cl2NO/c1-2-13(6-5-12(17)16-13)8-9-3-4-10(14)7-11(9)15/h3-4,7H,2,5-6,8H2,1H3,(H,16,17). The van der Waals surface area contributed by atoms with E-state index >= 15 is 0 Å². The van der Waals surface area contributed by atoms with Crippen molar-refractivity contribution in [2.24, 2.45) is 0 Å². The zero-order valence-corrected chi connectivity index (χ0v) is 11.2. The molecule has 0 aliphatic carbocycles. The highest BCUT2D eigenvalue weighted by atomic mass is 35.5. The molecule has 2 rings (SSSR count). The predicted octanol–water partition coefficient (Wildman–Crippen LogP) is 3.59. The largest absolute Gasteiger partial charge is 0.350 e. The highest BCUT2D eigenvalue weighted by molar-refractivity contribution is 6.35. The Hall–Kier alpha value is -0.730. The van der Waals surface area contributed by atoms with Gasteiger partial charge in [-0.25, -0.2) is 0 Å². The number of halogens is 2. The van der Waals surface area contributed by atoms with Crippen LogP contribution >= 0.6 is 23.2 Å². The predicted molar refractivity (Wildman–Crippen MR) is 70.6 cm³/mol. The van der Waals surface area contributed by atoms with Crippen LogP contribution in [-0.4, -0.2) is 11.4 Å². The molecule has 1 aromatic rings. The van der Waals surface area contributed by atoms with Crippen LogP contribution in [0.15, 0.2) is 18.2 Å². The zero-order chi connectivity index (χ0) is 12.5. The lowest BCUT2D eigenvalue weighted by atomic mass is 9.87. The first-order valence-corrected chi connectivity index (χ1v) is 6.55. The van der Waals surface area contributed by atoms with Gasteiger partial charge in [0.25, 0.3) is 0 Å². The van der Waals surface area contributed by atoms with Crippen LogP contribution in [0.2, 0.25) is 10.0 Å². The summed E-state index contributed by atoms with van der Waals surface area (Å²) < 4.78 is 0. The van der Waals surface area contributed by atoms with E-state index in [4.69, 9.17) is 23.2 Å². The molecule has 1 aliphatic heterocycles. The van der Waals surface area contributed by atoms with E-state index in [-0.39, 0.29) is 11.4 Å². The van der Waals surface area contributed by atoms with Crippen LogP contribution in [0.4, 0.5) is 0 Å². The highest BCUT2D eigenvalue weighted by Gasteiger charge is 2.36. The molecule has 92 valence electrons.